The average molecular weight is 620 g/mol. The standard InChI is InChI=1S/C39H59N2O2S/c1-7-8-9-10-11-12-13-14-15-16-17-18-26-43-38-23-22-34(28-37(38)39(4,5)6)24-25-41(33(3)42)36-21-19-20-35(27-36)30-40-29-32(2)44-31-40/h19-23,27-29,31H,7-18,24-26,30H2,1-6H3/q+1. The number of carbonyl (C=O) groups is 1. The van der Waals surface area contributed by atoms with Crippen LogP contribution in [0.15, 0.2) is 54.2 Å². The Labute approximate surface area is 272 Å². The maximum atomic E-state index is 12.7. The molecule has 1 heterocycles. The van der Waals surface area contributed by atoms with Crippen molar-refractivity contribution in [3.05, 3.63) is 75.7 Å². The lowest BCUT2D eigenvalue weighted by Crippen LogP contribution is -2.32. The first kappa shape index (κ1) is 35.8. The van der Waals surface area contributed by atoms with Gasteiger partial charge in [-0.2, -0.15) is 4.57 Å². The van der Waals surface area contributed by atoms with Crippen molar-refractivity contribution < 1.29 is 14.1 Å². The van der Waals surface area contributed by atoms with Crippen molar-refractivity contribution in [1.82, 2.24) is 0 Å². The zero-order valence-corrected chi connectivity index (χ0v) is 29.4. The second-order valence-electron chi connectivity index (χ2n) is 13.5. The smallest absolute Gasteiger partial charge is 0.225 e. The van der Waals surface area contributed by atoms with E-state index in [2.05, 4.69) is 87.3 Å². The van der Waals surface area contributed by atoms with E-state index in [-0.39, 0.29) is 11.3 Å². The van der Waals surface area contributed by atoms with Crippen LogP contribution in [0.2, 0.25) is 0 Å². The summed E-state index contributed by atoms with van der Waals surface area (Å²) in [5.74, 6) is 1.07. The highest BCUT2D eigenvalue weighted by Crippen LogP contribution is 2.33. The first-order valence-electron chi connectivity index (χ1n) is 17.2. The summed E-state index contributed by atoms with van der Waals surface area (Å²) < 4.78 is 8.54. The van der Waals surface area contributed by atoms with E-state index in [9.17, 15) is 4.79 Å². The van der Waals surface area contributed by atoms with Crippen molar-refractivity contribution in [2.75, 3.05) is 18.1 Å². The molecular weight excluding hydrogens is 561 g/mol. The molecule has 0 unspecified atom stereocenters. The summed E-state index contributed by atoms with van der Waals surface area (Å²) in [6.45, 7) is 15.1. The van der Waals surface area contributed by atoms with Crippen molar-refractivity contribution >= 4 is 22.9 Å². The predicted molar refractivity (Wildman–Crippen MR) is 188 cm³/mol. The minimum atomic E-state index is -0.0197. The summed E-state index contributed by atoms with van der Waals surface area (Å²) in [6, 6.07) is 15.0. The third kappa shape index (κ3) is 12.8. The molecule has 242 valence electrons. The van der Waals surface area contributed by atoms with Crippen LogP contribution in [0.25, 0.3) is 0 Å². The van der Waals surface area contributed by atoms with E-state index in [1.807, 2.05) is 11.0 Å². The van der Waals surface area contributed by atoms with Crippen molar-refractivity contribution in [2.45, 2.75) is 137 Å². The van der Waals surface area contributed by atoms with Crippen LogP contribution < -0.4 is 14.2 Å². The van der Waals surface area contributed by atoms with Crippen molar-refractivity contribution in [1.29, 1.82) is 0 Å². The molecule has 5 heteroatoms. The lowest BCUT2D eigenvalue weighted by Gasteiger charge is -2.25. The molecule has 1 amide bonds. The number of rotatable bonds is 20. The van der Waals surface area contributed by atoms with E-state index in [1.54, 1.807) is 18.3 Å². The highest BCUT2D eigenvalue weighted by Gasteiger charge is 2.20. The number of aryl methyl sites for hydroxylation is 1. The molecule has 1 aromatic heterocycles. The van der Waals surface area contributed by atoms with Crippen molar-refractivity contribution in [2.24, 2.45) is 0 Å². The maximum Gasteiger partial charge on any atom is 0.225 e. The van der Waals surface area contributed by atoms with Crippen LogP contribution in [-0.4, -0.2) is 19.1 Å². The molecule has 0 aliphatic heterocycles. The molecular formula is C39H59N2O2S+. The van der Waals surface area contributed by atoms with Crippen molar-refractivity contribution in [3.8, 4) is 5.75 Å². The molecule has 0 spiro atoms. The van der Waals surface area contributed by atoms with Gasteiger partial charge in [-0.25, -0.2) is 0 Å². The van der Waals surface area contributed by atoms with Gasteiger partial charge in [-0.05, 0) is 54.5 Å². The van der Waals surface area contributed by atoms with E-state index >= 15 is 0 Å². The Balaban J connectivity index is 1.48. The van der Waals surface area contributed by atoms with Gasteiger partial charge in [0.05, 0.1) is 11.5 Å². The Morgan fingerprint density at radius 1 is 0.864 bits per heavy atom. The maximum absolute atomic E-state index is 12.7. The Hall–Kier alpha value is -2.66. The Morgan fingerprint density at radius 3 is 2.11 bits per heavy atom. The summed E-state index contributed by atoms with van der Waals surface area (Å²) >= 11 is 1.75. The lowest BCUT2D eigenvalue weighted by molar-refractivity contribution is -0.683. The summed E-state index contributed by atoms with van der Waals surface area (Å²) in [6.07, 6.45) is 19.2. The molecule has 44 heavy (non-hydrogen) atoms. The van der Waals surface area contributed by atoms with Crippen LogP contribution in [0.1, 0.15) is 133 Å². The lowest BCUT2D eigenvalue weighted by atomic mass is 9.85. The fraction of sp³-hybridized carbons (Fsp3) is 0.590. The fourth-order valence-corrected chi connectivity index (χ4v) is 6.47. The highest BCUT2D eigenvalue weighted by atomic mass is 32.1. The topological polar surface area (TPSA) is 33.4 Å². The van der Waals surface area contributed by atoms with Crippen LogP contribution in [-0.2, 0) is 23.2 Å². The molecule has 0 saturated carbocycles. The molecule has 0 aliphatic carbocycles. The second-order valence-corrected chi connectivity index (χ2v) is 14.6. The number of aromatic nitrogens is 1. The van der Waals surface area contributed by atoms with Gasteiger partial charge >= 0.3 is 0 Å². The third-order valence-corrected chi connectivity index (χ3v) is 9.27. The number of carbonyl (C=O) groups excluding carboxylic acids is 1. The molecule has 3 rings (SSSR count). The zero-order valence-electron chi connectivity index (χ0n) is 28.6. The second kappa shape index (κ2) is 19.0. The van der Waals surface area contributed by atoms with Gasteiger partial charge in [0.2, 0.25) is 11.4 Å². The number of hydrogen-bond acceptors (Lipinski definition) is 3. The average Bonchev–Trinajstić information content (AvgIpc) is 3.39. The van der Waals surface area contributed by atoms with Crippen molar-refractivity contribution in [3.63, 3.8) is 0 Å². The van der Waals surface area contributed by atoms with Gasteiger partial charge in [0.1, 0.15) is 5.75 Å². The fourth-order valence-electron chi connectivity index (χ4n) is 5.84. The number of amides is 1. The monoisotopic (exact) mass is 619 g/mol. The summed E-state index contributed by atoms with van der Waals surface area (Å²) in [7, 11) is 0. The molecule has 0 bridgehead atoms. The van der Waals surface area contributed by atoms with E-state index < -0.39 is 0 Å². The summed E-state index contributed by atoms with van der Waals surface area (Å²) in [4.78, 5) is 15.9. The summed E-state index contributed by atoms with van der Waals surface area (Å²) in [5, 5.41) is 0. The van der Waals surface area contributed by atoms with Crippen LogP contribution in [0.3, 0.4) is 0 Å². The van der Waals surface area contributed by atoms with Gasteiger partial charge in [-0.15, -0.1) is 0 Å². The van der Waals surface area contributed by atoms with Gasteiger partial charge in [0.25, 0.3) is 0 Å². The molecule has 0 radical (unpaired) electrons. The SMILES string of the molecule is CCCCCCCCCCCCCCOc1ccc(CCN(C(C)=O)c2cccc(C[n+]3csc(C)c3)c2)cc1C(C)(C)C. The molecule has 0 saturated heterocycles. The number of ether oxygens (including phenoxy) is 1. The van der Waals surface area contributed by atoms with Gasteiger partial charge in [0.15, 0.2) is 12.7 Å². The van der Waals surface area contributed by atoms with E-state index in [1.165, 1.54) is 92.2 Å². The molecule has 4 nitrogen and oxygen atoms in total. The Morgan fingerprint density at radius 2 is 1.52 bits per heavy atom. The van der Waals surface area contributed by atoms with Crippen LogP contribution >= 0.6 is 11.3 Å². The predicted octanol–water partition coefficient (Wildman–Crippen LogP) is 10.4. The number of nitrogens with zero attached hydrogens (tertiary/aromatic N) is 2. The third-order valence-electron chi connectivity index (χ3n) is 8.42. The molecule has 2 aromatic carbocycles. The first-order chi connectivity index (χ1) is 21.2. The largest absolute Gasteiger partial charge is 0.493 e. The van der Waals surface area contributed by atoms with E-state index in [0.717, 1.165) is 37.4 Å². The number of unbranched alkanes of at least 4 members (excludes halogenated alkanes) is 11. The van der Waals surface area contributed by atoms with Gasteiger partial charge in [-0.1, -0.05) is 134 Å². The number of thiazole rings is 1. The van der Waals surface area contributed by atoms with Gasteiger partial charge < -0.3 is 9.64 Å². The molecule has 0 fully saturated rings. The molecule has 3 aromatic rings. The molecule has 0 N–H and O–H groups in total. The van der Waals surface area contributed by atoms with Gasteiger partial charge in [0, 0.05) is 24.7 Å². The molecule has 0 atom stereocenters. The van der Waals surface area contributed by atoms with Crippen LogP contribution in [0, 0.1) is 6.92 Å². The van der Waals surface area contributed by atoms with Crippen LogP contribution in [0.5, 0.6) is 5.75 Å². The highest BCUT2D eigenvalue weighted by molar-refractivity contribution is 7.09. The Bertz CT molecular complexity index is 1260. The Kier molecular flexibility index (Phi) is 15.5. The molecule has 0 aliphatic rings. The minimum Gasteiger partial charge on any atom is -0.493 e. The summed E-state index contributed by atoms with van der Waals surface area (Å²) in [5.41, 5.74) is 6.76. The normalized spacial score (nSPS) is 11.6. The minimum absolute atomic E-state index is 0.0197. The quantitative estimate of drug-likeness (QED) is 0.0931. The zero-order chi connectivity index (χ0) is 31.8. The first-order valence-corrected chi connectivity index (χ1v) is 18.1. The number of hydrogen-bond donors (Lipinski definition) is 0. The number of anilines is 1. The van der Waals surface area contributed by atoms with Gasteiger partial charge in [-0.3, -0.25) is 4.79 Å². The van der Waals surface area contributed by atoms with E-state index in [0.29, 0.717) is 6.54 Å². The van der Waals surface area contributed by atoms with E-state index in [4.69, 9.17) is 4.74 Å². The number of benzene rings is 2. The van der Waals surface area contributed by atoms with Crippen LogP contribution in [0.4, 0.5) is 5.69 Å².